The first-order chi connectivity index (χ1) is 15.5. The first-order valence-corrected chi connectivity index (χ1v) is 10.5. The van der Waals surface area contributed by atoms with E-state index < -0.39 is 18.3 Å². The van der Waals surface area contributed by atoms with E-state index in [9.17, 15) is 14.3 Å². The number of anilines is 1. The first kappa shape index (κ1) is 22.3. The van der Waals surface area contributed by atoms with Gasteiger partial charge in [0.1, 0.15) is 24.0 Å². The van der Waals surface area contributed by atoms with Crippen LogP contribution in [-0.4, -0.2) is 62.7 Å². The minimum absolute atomic E-state index is 0.178. The second kappa shape index (κ2) is 9.72. The number of alkyl halides is 1. The van der Waals surface area contributed by atoms with Crippen LogP contribution >= 0.6 is 11.6 Å². The van der Waals surface area contributed by atoms with Gasteiger partial charge >= 0.3 is 0 Å². The van der Waals surface area contributed by atoms with E-state index in [0.29, 0.717) is 18.0 Å². The van der Waals surface area contributed by atoms with Crippen molar-refractivity contribution < 1.29 is 19.0 Å². The number of carbonyl (C=O) groups is 1. The minimum Gasteiger partial charge on any atom is -0.390 e. The monoisotopic (exact) mass is 459 g/mol. The molecular weight excluding hydrogens is 437 g/mol. The normalized spacial score (nSPS) is 22.8. The SMILES string of the molecule is COC[C@H]1C[C@@H](Nc2ncncc2C(=O)c2ccn(Cc3cccc(Cl)c3)n2)[C@@H](F)[C@@H]1O. The number of aliphatic hydroxyl groups is 1. The lowest BCUT2D eigenvalue weighted by molar-refractivity contribution is 0.0324. The van der Waals surface area contributed by atoms with Gasteiger partial charge in [0.15, 0.2) is 0 Å². The summed E-state index contributed by atoms with van der Waals surface area (Å²) in [6, 6.07) is 8.29. The summed E-state index contributed by atoms with van der Waals surface area (Å²) in [5, 5.41) is 18.1. The summed E-state index contributed by atoms with van der Waals surface area (Å²) < 4.78 is 21.3. The number of ketones is 1. The zero-order chi connectivity index (χ0) is 22.7. The van der Waals surface area contributed by atoms with E-state index in [-0.39, 0.29) is 35.4 Å². The molecular formula is C22H23ClFN5O3. The highest BCUT2D eigenvalue weighted by molar-refractivity contribution is 6.30. The van der Waals surface area contributed by atoms with Crippen LogP contribution in [0.25, 0.3) is 0 Å². The van der Waals surface area contributed by atoms with Gasteiger partial charge in [-0.3, -0.25) is 9.48 Å². The average Bonchev–Trinajstić information content (AvgIpc) is 3.35. The summed E-state index contributed by atoms with van der Waals surface area (Å²) in [7, 11) is 1.51. The van der Waals surface area contributed by atoms with E-state index in [1.807, 2.05) is 18.2 Å². The summed E-state index contributed by atoms with van der Waals surface area (Å²) in [5.41, 5.74) is 1.34. The van der Waals surface area contributed by atoms with Crippen LogP contribution in [0.1, 0.15) is 28.0 Å². The van der Waals surface area contributed by atoms with Crippen LogP contribution in [0.2, 0.25) is 5.02 Å². The van der Waals surface area contributed by atoms with Crippen LogP contribution in [-0.2, 0) is 11.3 Å². The van der Waals surface area contributed by atoms with Gasteiger partial charge in [0.25, 0.3) is 0 Å². The molecule has 168 valence electrons. The van der Waals surface area contributed by atoms with Gasteiger partial charge in [-0.05, 0) is 30.2 Å². The third-order valence-electron chi connectivity index (χ3n) is 5.52. The molecule has 0 unspecified atom stereocenters. The summed E-state index contributed by atoms with van der Waals surface area (Å²) in [6.07, 6.45) is 2.05. The van der Waals surface area contributed by atoms with Gasteiger partial charge < -0.3 is 15.2 Å². The maximum atomic E-state index is 14.6. The van der Waals surface area contributed by atoms with Crippen LogP contribution < -0.4 is 5.32 Å². The number of hydrogen-bond acceptors (Lipinski definition) is 7. The topological polar surface area (TPSA) is 102 Å². The van der Waals surface area contributed by atoms with Gasteiger partial charge in [-0.1, -0.05) is 23.7 Å². The highest BCUT2D eigenvalue weighted by Crippen LogP contribution is 2.32. The highest BCUT2D eigenvalue weighted by Gasteiger charge is 2.43. The molecule has 2 heterocycles. The molecule has 2 aromatic heterocycles. The van der Waals surface area contributed by atoms with Crippen molar-refractivity contribution in [3.63, 3.8) is 0 Å². The Morgan fingerprint density at radius 2 is 2.25 bits per heavy atom. The smallest absolute Gasteiger partial charge is 0.218 e. The fraction of sp³-hybridized carbons (Fsp3) is 0.364. The summed E-state index contributed by atoms with van der Waals surface area (Å²) >= 11 is 6.03. The molecule has 1 aliphatic carbocycles. The Morgan fingerprint density at radius 1 is 1.41 bits per heavy atom. The number of methoxy groups -OCH3 is 1. The van der Waals surface area contributed by atoms with Crippen molar-refractivity contribution in [3.8, 4) is 0 Å². The van der Waals surface area contributed by atoms with Crippen molar-refractivity contribution in [3.05, 3.63) is 70.9 Å². The summed E-state index contributed by atoms with van der Waals surface area (Å²) in [6.45, 7) is 0.702. The Balaban J connectivity index is 1.50. The molecule has 4 rings (SSSR count). The fourth-order valence-corrected chi connectivity index (χ4v) is 4.14. The van der Waals surface area contributed by atoms with Crippen molar-refractivity contribution in [1.29, 1.82) is 0 Å². The predicted molar refractivity (Wildman–Crippen MR) is 117 cm³/mol. The van der Waals surface area contributed by atoms with Gasteiger partial charge in [0.05, 0.1) is 30.9 Å². The molecule has 4 atom stereocenters. The number of aliphatic hydroxyl groups excluding tert-OH is 1. The molecule has 1 aliphatic rings. The van der Waals surface area contributed by atoms with Crippen molar-refractivity contribution >= 4 is 23.2 Å². The fourth-order valence-electron chi connectivity index (χ4n) is 3.93. The molecule has 0 bridgehead atoms. The van der Waals surface area contributed by atoms with Gasteiger partial charge in [-0.15, -0.1) is 0 Å². The molecule has 10 heteroatoms. The molecule has 2 N–H and O–H groups in total. The lowest BCUT2D eigenvalue weighted by Crippen LogP contribution is -2.32. The number of aromatic nitrogens is 4. The first-order valence-electron chi connectivity index (χ1n) is 10.2. The predicted octanol–water partition coefficient (Wildman–Crippen LogP) is 2.75. The van der Waals surface area contributed by atoms with Crippen molar-refractivity contribution in [2.24, 2.45) is 5.92 Å². The number of halogens is 2. The number of hydrogen-bond donors (Lipinski definition) is 2. The van der Waals surface area contributed by atoms with Crippen LogP contribution in [0.5, 0.6) is 0 Å². The van der Waals surface area contributed by atoms with E-state index >= 15 is 0 Å². The second-order valence-corrected chi connectivity index (χ2v) is 8.22. The summed E-state index contributed by atoms with van der Waals surface area (Å²) in [4.78, 5) is 21.2. The third-order valence-corrected chi connectivity index (χ3v) is 5.75. The Hall–Kier alpha value is -2.88. The third kappa shape index (κ3) is 4.79. The molecule has 1 aromatic carbocycles. The Bertz CT molecular complexity index is 1090. The van der Waals surface area contributed by atoms with Crippen molar-refractivity contribution in [1.82, 2.24) is 19.7 Å². The van der Waals surface area contributed by atoms with Crippen LogP contribution in [0.15, 0.2) is 49.1 Å². The van der Waals surface area contributed by atoms with Gasteiger partial charge in [0.2, 0.25) is 5.78 Å². The van der Waals surface area contributed by atoms with Crippen LogP contribution in [0.4, 0.5) is 10.2 Å². The van der Waals surface area contributed by atoms with Gasteiger partial charge in [-0.25, -0.2) is 14.4 Å². The molecule has 0 saturated heterocycles. The second-order valence-electron chi connectivity index (χ2n) is 7.78. The van der Waals surface area contributed by atoms with Gasteiger partial charge in [-0.2, -0.15) is 5.10 Å². The van der Waals surface area contributed by atoms with Crippen molar-refractivity contribution in [2.45, 2.75) is 31.3 Å². The maximum absolute atomic E-state index is 14.6. The Morgan fingerprint density at radius 3 is 3.03 bits per heavy atom. The minimum atomic E-state index is -1.51. The number of carbonyl (C=O) groups excluding carboxylic acids is 1. The zero-order valence-corrected chi connectivity index (χ0v) is 18.1. The van der Waals surface area contributed by atoms with E-state index in [0.717, 1.165) is 5.56 Å². The molecule has 32 heavy (non-hydrogen) atoms. The lowest BCUT2D eigenvalue weighted by atomic mass is 10.1. The quantitative estimate of drug-likeness (QED) is 0.499. The van der Waals surface area contributed by atoms with E-state index in [4.69, 9.17) is 16.3 Å². The van der Waals surface area contributed by atoms with Crippen molar-refractivity contribution in [2.75, 3.05) is 19.0 Å². The standard InChI is InChI=1S/C22H23ClFN5O3/c1-32-11-14-8-18(19(24)20(14)30)27-22-16(9-25-12-26-22)21(31)17-5-6-29(28-17)10-13-3-2-4-15(23)7-13/h2-7,9,12,14,18-20,30H,8,10-11H2,1H3,(H,25,26,27)/t14-,18-,19-,20-/m1/s1. The molecule has 1 saturated carbocycles. The Labute approximate surface area is 189 Å². The number of benzene rings is 1. The van der Waals surface area contributed by atoms with E-state index in [1.165, 1.54) is 19.6 Å². The number of nitrogens with one attached hydrogen (secondary N) is 1. The molecule has 1 fully saturated rings. The lowest BCUT2D eigenvalue weighted by Gasteiger charge is -2.18. The Kier molecular flexibility index (Phi) is 6.78. The molecule has 0 aliphatic heterocycles. The molecule has 0 radical (unpaired) electrons. The average molecular weight is 460 g/mol. The number of rotatable bonds is 8. The van der Waals surface area contributed by atoms with Crippen LogP contribution in [0, 0.1) is 5.92 Å². The zero-order valence-electron chi connectivity index (χ0n) is 17.4. The number of nitrogens with zero attached hydrogens (tertiary/aromatic N) is 4. The summed E-state index contributed by atoms with van der Waals surface area (Å²) in [5.74, 6) is -0.525. The molecule has 8 nitrogen and oxygen atoms in total. The number of ether oxygens (including phenoxy) is 1. The molecule has 0 spiro atoms. The van der Waals surface area contributed by atoms with E-state index in [1.54, 1.807) is 23.0 Å². The molecule has 3 aromatic rings. The van der Waals surface area contributed by atoms with Crippen LogP contribution in [0.3, 0.4) is 0 Å². The molecule has 0 amide bonds. The van der Waals surface area contributed by atoms with E-state index in [2.05, 4.69) is 20.4 Å². The largest absolute Gasteiger partial charge is 0.390 e. The van der Waals surface area contributed by atoms with Gasteiger partial charge in [0, 0.05) is 30.4 Å². The highest BCUT2D eigenvalue weighted by atomic mass is 35.5. The maximum Gasteiger partial charge on any atom is 0.218 e.